The minimum atomic E-state index is -0.792. The van der Waals surface area contributed by atoms with Crippen molar-refractivity contribution in [3.63, 3.8) is 0 Å². The van der Waals surface area contributed by atoms with E-state index in [2.05, 4.69) is 62.5 Å². The zero-order valence-corrected chi connectivity index (χ0v) is 42.9. The second kappa shape index (κ2) is 52.1. The maximum absolute atomic E-state index is 13.3. The highest BCUT2D eigenvalue weighted by Gasteiger charge is 2.24. The summed E-state index contributed by atoms with van der Waals surface area (Å²) in [6, 6.07) is -0.706. The van der Waals surface area contributed by atoms with Gasteiger partial charge >= 0.3 is 5.97 Å². The number of rotatable bonds is 51. The summed E-state index contributed by atoms with van der Waals surface area (Å²) < 4.78 is 5.95. The highest BCUT2D eigenvalue weighted by molar-refractivity contribution is 5.77. The van der Waals surface area contributed by atoms with E-state index in [1.165, 1.54) is 173 Å². The van der Waals surface area contributed by atoms with E-state index < -0.39 is 18.2 Å². The molecule has 0 fully saturated rings. The molecule has 0 aliphatic carbocycles. The van der Waals surface area contributed by atoms with Gasteiger partial charge in [-0.1, -0.05) is 243 Å². The van der Waals surface area contributed by atoms with Gasteiger partial charge in [-0.25, -0.2) is 0 Å². The Morgan fingerprint density at radius 3 is 1.30 bits per heavy atom. The van der Waals surface area contributed by atoms with Gasteiger partial charge in [0.2, 0.25) is 5.91 Å². The first-order chi connectivity index (χ1) is 31.5. The third-order valence-corrected chi connectivity index (χ3v) is 13.0. The molecule has 376 valence electrons. The van der Waals surface area contributed by atoms with Gasteiger partial charge in [0.25, 0.3) is 0 Å². The Morgan fingerprint density at radius 2 is 0.844 bits per heavy atom. The van der Waals surface area contributed by atoms with Gasteiger partial charge in [-0.05, 0) is 77.0 Å². The van der Waals surface area contributed by atoms with Gasteiger partial charge in [-0.15, -0.1) is 0 Å². The molecule has 0 rings (SSSR count). The average molecular weight is 901 g/mol. The average Bonchev–Trinajstić information content (AvgIpc) is 3.29. The number of allylic oxidation sites excluding steroid dienone is 6. The van der Waals surface area contributed by atoms with Crippen LogP contribution in [0.2, 0.25) is 0 Å². The summed E-state index contributed by atoms with van der Waals surface area (Å²) in [4.78, 5) is 26.2. The highest BCUT2D eigenvalue weighted by atomic mass is 16.5. The first kappa shape index (κ1) is 62.1. The number of ether oxygens (including phenoxy) is 1. The van der Waals surface area contributed by atoms with Crippen LogP contribution >= 0.6 is 0 Å². The molecule has 0 aromatic carbocycles. The molecule has 0 radical (unpaired) electrons. The van der Waals surface area contributed by atoms with E-state index in [0.29, 0.717) is 19.3 Å². The number of esters is 1. The Balaban J connectivity index is 4.56. The molecular formula is C58H109NO5. The van der Waals surface area contributed by atoms with E-state index in [9.17, 15) is 19.8 Å². The second-order valence-corrected chi connectivity index (χ2v) is 19.3. The van der Waals surface area contributed by atoms with Crippen LogP contribution in [-0.2, 0) is 14.3 Å². The fourth-order valence-electron chi connectivity index (χ4n) is 8.70. The minimum Gasteiger partial charge on any atom is -0.462 e. The predicted octanol–water partition coefficient (Wildman–Crippen LogP) is 17.2. The van der Waals surface area contributed by atoms with Crippen LogP contribution in [0.5, 0.6) is 0 Å². The Bertz CT molecular complexity index is 1060. The standard InChI is InChI=1S/C58H109NO5/c1-4-7-10-13-16-19-22-25-28-30-31-34-37-40-43-46-49-54(64-58(63)51-48-45-42-39-36-33-27-24-21-18-15-12-9-6-3)52-57(62)59-55(53-60)56(61)50-47-44-41-38-35-32-29-26-23-20-17-14-11-8-5-2/h9,12,18,21,31,34,54-56,60-61H,4-8,10-11,13-17,19-20,22-30,32-33,35-53H2,1-3H3,(H,59,62)/b12-9+,21-18+,34-31+. The molecule has 6 heteroatoms. The third kappa shape index (κ3) is 46.6. The first-order valence-corrected chi connectivity index (χ1v) is 28.2. The molecule has 0 spiro atoms. The van der Waals surface area contributed by atoms with Crippen LogP contribution in [0.4, 0.5) is 0 Å². The number of hydrogen-bond donors (Lipinski definition) is 3. The maximum Gasteiger partial charge on any atom is 0.306 e. The molecule has 0 aromatic heterocycles. The molecule has 0 saturated carbocycles. The minimum absolute atomic E-state index is 0.0667. The van der Waals surface area contributed by atoms with E-state index in [1.807, 2.05) is 0 Å². The highest BCUT2D eigenvalue weighted by Crippen LogP contribution is 2.18. The number of amides is 1. The van der Waals surface area contributed by atoms with Crippen molar-refractivity contribution >= 4 is 11.9 Å². The molecule has 3 unspecified atom stereocenters. The van der Waals surface area contributed by atoms with Crippen LogP contribution in [0, 0.1) is 0 Å². The number of nitrogens with one attached hydrogen (secondary N) is 1. The summed E-state index contributed by atoms with van der Waals surface area (Å²) in [6.45, 7) is 6.40. The number of carbonyl (C=O) groups is 2. The molecule has 0 aromatic rings. The van der Waals surface area contributed by atoms with Crippen molar-refractivity contribution in [2.24, 2.45) is 0 Å². The van der Waals surface area contributed by atoms with Crippen LogP contribution in [0.3, 0.4) is 0 Å². The van der Waals surface area contributed by atoms with Gasteiger partial charge in [0.15, 0.2) is 0 Å². The SMILES string of the molecule is CC/C=C/C/C=C/CCCCCCCCCC(=O)OC(CCCCC/C=C/CCCCCCCCCCC)CC(=O)NC(CO)C(O)CCCCCCCCCCCCCCCCC. The smallest absolute Gasteiger partial charge is 0.306 e. The van der Waals surface area contributed by atoms with Crippen LogP contribution in [0.1, 0.15) is 297 Å². The zero-order chi connectivity index (χ0) is 46.7. The van der Waals surface area contributed by atoms with Crippen molar-refractivity contribution in [3.05, 3.63) is 36.5 Å². The number of aliphatic hydroxyl groups excluding tert-OH is 2. The van der Waals surface area contributed by atoms with Gasteiger partial charge in [-0.2, -0.15) is 0 Å². The van der Waals surface area contributed by atoms with Gasteiger partial charge in [0.1, 0.15) is 6.10 Å². The molecular weight excluding hydrogens is 791 g/mol. The molecule has 3 atom stereocenters. The Labute approximate surface area is 398 Å². The largest absolute Gasteiger partial charge is 0.462 e. The third-order valence-electron chi connectivity index (χ3n) is 13.0. The summed E-state index contributed by atoms with van der Waals surface area (Å²) in [5.41, 5.74) is 0. The van der Waals surface area contributed by atoms with Crippen molar-refractivity contribution < 1.29 is 24.5 Å². The Morgan fingerprint density at radius 1 is 0.469 bits per heavy atom. The fraction of sp³-hybridized carbons (Fsp3) is 0.862. The normalized spacial score (nSPS) is 13.4. The van der Waals surface area contributed by atoms with E-state index in [-0.39, 0.29) is 24.9 Å². The number of unbranched alkanes of at least 4 members (excludes halogenated alkanes) is 33. The van der Waals surface area contributed by atoms with Crippen LogP contribution in [0.15, 0.2) is 36.5 Å². The Kier molecular flexibility index (Phi) is 50.5. The van der Waals surface area contributed by atoms with Crippen LogP contribution < -0.4 is 5.32 Å². The van der Waals surface area contributed by atoms with Crippen LogP contribution in [0.25, 0.3) is 0 Å². The Hall–Kier alpha value is -1.92. The molecule has 6 nitrogen and oxygen atoms in total. The maximum atomic E-state index is 13.3. The topological polar surface area (TPSA) is 95.9 Å². The molecule has 0 saturated heterocycles. The van der Waals surface area contributed by atoms with Crippen molar-refractivity contribution in [3.8, 4) is 0 Å². The lowest BCUT2D eigenvalue weighted by atomic mass is 10.0. The summed E-state index contributed by atoms with van der Waals surface area (Å²) >= 11 is 0. The lowest BCUT2D eigenvalue weighted by Gasteiger charge is -2.24. The number of hydrogen-bond acceptors (Lipinski definition) is 5. The molecule has 0 heterocycles. The number of aliphatic hydroxyl groups is 2. The monoisotopic (exact) mass is 900 g/mol. The summed E-state index contributed by atoms with van der Waals surface area (Å²) in [5.74, 6) is -0.486. The summed E-state index contributed by atoms with van der Waals surface area (Å²) in [7, 11) is 0. The summed E-state index contributed by atoms with van der Waals surface area (Å²) in [6.07, 6.45) is 62.1. The van der Waals surface area contributed by atoms with E-state index in [0.717, 1.165) is 77.0 Å². The van der Waals surface area contributed by atoms with Crippen molar-refractivity contribution in [2.75, 3.05) is 6.61 Å². The lowest BCUT2D eigenvalue weighted by molar-refractivity contribution is -0.151. The molecule has 0 bridgehead atoms. The van der Waals surface area contributed by atoms with Gasteiger partial charge in [0.05, 0.1) is 25.2 Å². The van der Waals surface area contributed by atoms with E-state index in [4.69, 9.17) is 4.74 Å². The van der Waals surface area contributed by atoms with Crippen molar-refractivity contribution in [1.82, 2.24) is 5.32 Å². The predicted molar refractivity (Wildman–Crippen MR) is 278 cm³/mol. The lowest BCUT2D eigenvalue weighted by Crippen LogP contribution is -2.46. The second-order valence-electron chi connectivity index (χ2n) is 19.3. The molecule has 1 amide bonds. The number of carbonyl (C=O) groups excluding carboxylic acids is 2. The van der Waals surface area contributed by atoms with Gasteiger partial charge in [0, 0.05) is 6.42 Å². The molecule has 0 aliphatic rings. The van der Waals surface area contributed by atoms with Crippen LogP contribution in [-0.4, -0.2) is 46.9 Å². The van der Waals surface area contributed by atoms with E-state index >= 15 is 0 Å². The molecule has 64 heavy (non-hydrogen) atoms. The molecule has 3 N–H and O–H groups in total. The quantitative estimate of drug-likeness (QED) is 0.0321. The van der Waals surface area contributed by atoms with Gasteiger partial charge in [-0.3, -0.25) is 9.59 Å². The fourth-order valence-corrected chi connectivity index (χ4v) is 8.70. The first-order valence-electron chi connectivity index (χ1n) is 28.2. The zero-order valence-electron chi connectivity index (χ0n) is 42.9. The van der Waals surface area contributed by atoms with Crippen molar-refractivity contribution in [1.29, 1.82) is 0 Å². The molecule has 0 aliphatic heterocycles. The van der Waals surface area contributed by atoms with E-state index in [1.54, 1.807) is 0 Å². The van der Waals surface area contributed by atoms with Gasteiger partial charge < -0.3 is 20.3 Å². The van der Waals surface area contributed by atoms with Crippen molar-refractivity contribution in [2.45, 2.75) is 315 Å². The summed E-state index contributed by atoms with van der Waals surface area (Å²) in [5, 5.41) is 23.9.